The molecule has 0 saturated heterocycles. The van der Waals surface area contributed by atoms with E-state index in [1.165, 1.54) is 0 Å². The molecule has 0 aliphatic heterocycles. The lowest BCUT2D eigenvalue weighted by atomic mass is 10.1. The molecule has 0 radical (unpaired) electrons. The Bertz CT molecular complexity index is 1110. The molecule has 0 fully saturated rings. The van der Waals surface area contributed by atoms with Crippen molar-refractivity contribution < 1.29 is 14.0 Å². The first-order valence-electron chi connectivity index (χ1n) is 8.06. The van der Waals surface area contributed by atoms with Gasteiger partial charge in [0.05, 0.1) is 20.3 Å². The molecule has 0 atom stereocenters. The van der Waals surface area contributed by atoms with Gasteiger partial charge in [0.1, 0.15) is 5.69 Å². The molecule has 4 aromatic rings. The van der Waals surface area contributed by atoms with Gasteiger partial charge < -0.3 is 9.47 Å². The molecular weight excluding hydrogens is 432 g/mol. The van der Waals surface area contributed by atoms with E-state index in [4.69, 9.17) is 26.2 Å². The average molecular weight is 447 g/mol. The van der Waals surface area contributed by atoms with Gasteiger partial charge in [0, 0.05) is 15.1 Å². The Balaban J connectivity index is 2.05. The summed E-state index contributed by atoms with van der Waals surface area (Å²) in [6.07, 6.45) is 0. The first-order chi connectivity index (χ1) is 13.1. The largest absolute Gasteiger partial charge is 0.469 e. The van der Waals surface area contributed by atoms with E-state index in [9.17, 15) is 0 Å². The zero-order valence-corrected chi connectivity index (χ0v) is 16.9. The number of hydrogen-bond donors (Lipinski definition) is 0. The maximum absolute atomic E-state index is 6.04. The van der Waals surface area contributed by atoms with E-state index in [0.717, 1.165) is 26.9 Å². The maximum atomic E-state index is 6.04. The number of rotatable bonds is 4. The van der Waals surface area contributed by atoms with Crippen molar-refractivity contribution >= 4 is 33.0 Å². The van der Waals surface area contributed by atoms with E-state index in [-0.39, 0.29) is 0 Å². The zero-order chi connectivity index (χ0) is 19.0. The van der Waals surface area contributed by atoms with Crippen LogP contribution in [0.3, 0.4) is 0 Å². The van der Waals surface area contributed by atoms with Gasteiger partial charge in [-0.1, -0.05) is 36.8 Å². The maximum Gasteiger partial charge on any atom is 0.460 e. The summed E-state index contributed by atoms with van der Waals surface area (Å²) in [6, 6.07) is 17.5. The number of benzene rings is 2. The molecule has 2 aromatic carbocycles. The van der Waals surface area contributed by atoms with Gasteiger partial charge in [-0.05, 0) is 58.6 Å². The van der Waals surface area contributed by atoms with Crippen LogP contribution in [-0.2, 0) is 0 Å². The minimum Gasteiger partial charge on any atom is -0.469 e. The molecule has 0 aliphatic rings. The molecule has 8 heteroatoms. The summed E-state index contributed by atoms with van der Waals surface area (Å²) in [4.78, 5) is 6.14. The monoisotopic (exact) mass is 445 g/mol. The molecular formula is C19H15BrClN4O2+. The van der Waals surface area contributed by atoms with Gasteiger partial charge in [0.25, 0.3) is 5.88 Å². The molecule has 6 nitrogen and oxygen atoms in total. The van der Waals surface area contributed by atoms with Crippen molar-refractivity contribution in [3.05, 3.63) is 64.1 Å². The van der Waals surface area contributed by atoms with Gasteiger partial charge in [-0.15, -0.1) is 0 Å². The standard InChI is InChI=1S/C19H15BrClN4O2/c1-26-17-11-16-18(12-3-7-14(21)8-4-12)23-25(24(16)19(22-17)27-2)15-9-5-13(20)6-10-15/h3-11H,1-2H3/q+1. The van der Waals surface area contributed by atoms with Gasteiger partial charge in [-0.3, -0.25) is 0 Å². The lowest BCUT2D eigenvalue weighted by Gasteiger charge is -2.03. The van der Waals surface area contributed by atoms with Crippen molar-refractivity contribution in [2.45, 2.75) is 0 Å². The first kappa shape index (κ1) is 17.8. The Morgan fingerprint density at radius 3 is 2.33 bits per heavy atom. The summed E-state index contributed by atoms with van der Waals surface area (Å²) in [5.74, 6) is 0.442. The molecule has 0 spiro atoms. The normalized spacial score (nSPS) is 11.0. The third-order valence-corrected chi connectivity index (χ3v) is 4.85. The Morgan fingerprint density at radius 1 is 1.00 bits per heavy atom. The van der Waals surface area contributed by atoms with Crippen molar-refractivity contribution in [3.8, 4) is 28.8 Å². The van der Waals surface area contributed by atoms with E-state index in [2.05, 4.69) is 20.9 Å². The smallest absolute Gasteiger partial charge is 0.460 e. The Labute approximate surface area is 169 Å². The molecule has 27 heavy (non-hydrogen) atoms. The van der Waals surface area contributed by atoms with Crippen LogP contribution in [0.25, 0.3) is 22.5 Å². The lowest BCUT2D eigenvalue weighted by Crippen LogP contribution is -2.35. The second kappa shape index (κ2) is 7.17. The van der Waals surface area contributed by atoms with E-state index >= 15 is 0 Å². The topological polar surface area (TPSA) is 53.3 Å². The number of nitrogens with zero attached hydrogens (tertiary/aromatic N) is 4. The van der Waals surface area contributed by atoms with Crippen molar-refractivity contribution in [3.63, 3.8) is 0 Å². The van der Waals surface area contributed by atoms with Gasteiger partial charge in [-0.2, -0.15) is 0 Å². The van der Waals surface area contributed by atoms with Crippen LogP contribution in [0.15, 0.2) is 59.1 Å². The van der Waals surface area contributed by atoms with Crippen LogP contribution in [0.5, 0.6) is 11.9 Å². The van der Waals surface area contributed by atoms with Gasteiger partial charge >= 0.3 is 6.01 Å². The van der Waals surface area contributed by atoms with Crippen molar-refractivity contribution in [1.29, 1.82) is 0 Å². The highest BCUT2D eigenvalue weighted by molar-refractivity contribution is 9.10. The summed E-state index contributed by atoms with van der Waals surface area (Å²) in [6.45, 7) is 0. The minimum atomic E-state index is 0.361. The van der Waals surface area contributed by atoms with Crippen LogP contribution in [0.2, 0.25) is 5.02 Å². The van der Waals surface area contributed by atoms with Crippen molar-refractivity contribution in [1.82, 2.24) is 14.9 Å². The average Bonchev–Trinajstić information content (AvgIpc) is 3.08. The summed E-state index contributed by atoms with van der Waals surface area (Å²) in [7, 11) is 3.13. The lowest BCUT2D eigenvalue weighted by molar-refractivity contribution is -0.613. The van der Waals surface area contributed by atoms with E-state index in [1.807, 2.05) is 54.6 Å². The molecule has 2 heterocycles. The van der Waals surface area contributed by atoms with Crippen LogP contribution < -0.4 is 14.0 Å². The van der Waals surface area contributed by atoms with E-state index in [0.29, 0.717) is 16.9 Å². The molecule has 0 N–H and O–H groups in total. The summed E-state index contributed by atoms with van der Waals surface area (Å²) in [5, 5.41) is 5.49. The summed E-state index contributed by atoms with van der Waals surface area (Å²) in [5.41, 5.74) is 3.33. The second-order valence-electron chi connectivity index (χ2n) is 5.70. The SMILES string of the molecule is COc1cc2c(-c3ccc(Cl)cc3)nn(-c3ccc(Br)cc3)[n+]2c(OC)n1. The molecule has 0 unspecified atom stereocenters. The summed E-state index contributed by atoms with van der Waals surface area (Å²) < 4.78 is 13.6. The zero-order valence-electron chi connectivity index (χ0n) is 14.6. The number of halogens is 2. The molecule has 0 bridgehead atoms. The second-order valence-corrected chi connectivity index (χ2v) is 7.06. The van der Waals surface area contributed by atoms with Crippen LogP contribution in [0, 0.1) is 0 Å². The van der Waals surface area contributed by atoms with E-state index in [1.54, 1.807) is 23.5 Å². The van der Waals surface area contributed by atoms with E-state index < -0.39 is 0 Å². The van der Waals surface area contributed by atoms with Crippen molar-refractivity contribution in [2.75, 3.05) is 14.2 Å². The fourth-order valence-electron chi connectivity index (χ4n) is 2.80. The molecule has 0 amide bonds. The molecule has 0 aliphatic carbocycles. The molecule has 2 aromatic heterocycles. The minimum absolute atomic E-state index is 0.361. The van der Waals surface area contributed by atoms with Gasteiger partial charge in [0.2, 0.25) is 5.69 Å². The molecule has 4 rings (SSSR count). The fourth-order valence-corrected chi connectivity index (χ4v) is 3.19. The van der Waals surface area contributed by atoms with Crippen LogP contribution >= 0.6 is 27.5 Å². The number of fused-ring (bicyclic) bond motifs is 1. The molecule has 136 valence electrons. The predicted molar refractivity (Wildman–Crippen MR) is 106 cm³/mol. The highest BCUT2D eigenvalue weighted by atomic mass is 79.9. The van der Waals surface area contributed by atoms with Gasteiger partial charge in [-0.25, -0.2) is 0 Å². The van der Waals surface area contributed by atoms with Crippen LogP contribution in [0.4, 0.5) is 0 Å². The predicted octanol–water partition coefficient (Wildman–Crippen LogP) is 4.11. The number of ether oxygens (including phenoxy) is 2. The quantitative estimate of drug-likeness (QED) is 0.443. The number of methoxy groups -OCH3 is 2. The number of aromatic nitrogens is 4. The fraction of sp³-hybridized carbons (Fsp3) is 0.105. The molecule has 0 saturated carbocycles. The third kappa shape index (κ3) is 3.24. The Morgan fingerprint density at radius 2 is 1.70 bits per heavy atom. The number of hydrogen-bond acceptors (Lipinski definition) is 4. The van der Waals surface area contributed by atoms with Crippen molar-refractivity contribution in [2.24, 2.45) is 0 Å². The Kier molecular flexibility index (Phi) is 4.72. The first-order valence-corrected chi connectivity index (χ1v) is 9.24. The Hall–Kier alpha value is -2.64. The van der Waals surface area contributed by atoms with Crippen LogP contribution in [0.1, 0.15) is 0 Å². The van der Waals surface area contributed by atoms with Crippen LogP contribution in [-0.4, -0.2) is 29.1 Å². The third-order valence-electron chi connectivity index (χ3n) is 4.07. The highest BCUT2D eigenvalue weighted by Crippen LogP contribution is 2.26. The van der Waals surface area contributed by atoms with Gasteiger partial charge in [0.15, 0.2) is 5.52 Å². The summed E-state index contributed by atoms with van der Waals surface area (Å²) >= 11 is 9.50. The highest BCUT2D eigenvalue weighted by Gasteiger charge is 2.27.